The molecule has 13 heteroatoms. The van der Waals surface area contributed by atoms with Gasteiger partial charge in [0.05, 0.1) is 18.0 Å². The minimum atomic E-state index is -3.97. The second kappa shape index (κ2) is 9.54. The molecule has 36 heavy (non-hydrogen) atoms. The minimum absolute atomic E-state index is 0.0629. The highest BCUT2D eigenvalue weighted by Gasteiger charge is 2.35. The number of ether oxygens (including phenoxy) is 1. The van der Waals surface area contributed by atoms with E-state index in [9.17, 15) is 27.5 Å². The molecule has 1 saturated heterocycles. The SMILES string of the molecule is CC1CN(S(=O)(=O)c2cc(F)cc(CNC(=O)c3nc4n(c(=O)c3O)CCOC4(C)C)c2)CC(C)N1. The monoisotopic (exact) mass is 523 g/mol. The highest BCUT2D eigenvalue weighted by molar-refractivity contribution is 7.89. The van der Waals surface area contributed by atoms with Crippen LogP contribution < -0.4 is 16.2 Å². The Balaban J connectivity index is 1.57. The fraction of sp³-hybridized carbons (Fsp3) is 0.522. The van der Waals surface area contributed by atoms with Crippen molar-refractivity contribution in [3.05, 3.63) is 51.5 Å². The number of sulfonamides is 1. The van der Waals surface area contributed by atoms with E-state index in [1.807, 2.05) is 13.8 Å². The number of nitrogens with one attached hydrogen (secondary N) is 2. The van der Waals surface area contributed by atoms with E-state index >= 15 is 0 Å². The van der Waals surface area contributed by atoms with Crippen LogP contribution in [-0.2, 0) is 33.5 Å². The number of carbonyl (C=O) groups is 1. The van der Waals surface area contributed by atoms with Crippen LogP contribution in [-0.4, -0.2) is 65.1 Å². The normalized spacial score (nSPS) is 22.1. The number of rotatable bonds is 5. The van der Waals surface area contributed by atoms with Crippen molar-refractivity contribution in [1.82, 2.24) is 24.5 Å². The summed E-state index contributed by atoms with van der Waals surface area (Å²) in [6.07, 6.45) is 0. The lowest BCUT2D eigenvalue weighted by Gasteiger charge is -2.35. The van der Waals surface area contributed by atoms with E-state index in [0.29, 0.717) is 0 Å². The van der Waals surface area contributed by atoms with Crippen molar-refractivity contribution in [3.8, 4) is 5.75 Å². The van der Waals surface area contributed by atoms with Gasteiger partial charge in [-0.2, -0.15) is 4.31 Å². The predicted molar refractivity (Wildman–Crippen MR) is 128 cm³/mol. The number of amides is 1. The maximum atomic E-state index is 14.4. The molecule has 1 aromatic carbocycles. The number of fused-ring (bicyclic) bond motifs is 1. The minimum Gasteiger partial charge on any atom is -0.501 e. The average Bonchev–Trinajstić information content (AvgIpc) is 2.79. The van der Waals surface area contributed by atoms with Gasteiger partial charge in [0.2, 0.25) is 15.8 Å². The van der Waals surface area contributed by atoms with Crippen LogP contribution in [0.4, 0.5) is 4.39 Å². The summed E-state index contributed by atoms with van der Waals surface area (Å²) in [5.74, 6) is -2.25. The summed E-state index contributed by atoms with van der Waals surface area (Å²) in [6.45, 7) is 7.79. The molecule has 2 unspecified atom stereocenters. The van der Waals surface area contributed by atoms with Crippen molar-refractivity contribution in [3.63, 3.8) is 0 Å². The van der Waals surface area contributed by atoms with E-state index in [4.69, 9.17) is 4.74 Å². The molecule has 1 amide bonds. The third kappa shape index (κ3) is 5.01. The molecule has 2 aliphatic rings. The Morgan fingerprint density at radius 1 is 1.28 bits per heavy atom. The van der Waals surface area contributed by atoms with Gasteiger partial charge in [0, 0.05) is 31.7 Å². The number of nitrogens with zero attached hydrogens (tertiary/aromatic N) is 3. The Bertz CT molecular complexity index is 1350. The molecule has 0 bridgehead atoms. The quantitative estimate of drug-likeness (QED) is 0.519. The Labute approximate surface area is 208 Å². The fourth-order valence-corrected chi connectivity index (χ4v) is 6.29. The smallest absolute Gasteiger partial charge is 0.296 e. The van der Waals surface area contributed by atoms with Crippen molar-refractivity contribution in [2.45, 2.75) is 63.4 Å². The third-order valence-corrected chi connectivity index (χ3v) is 8.03. The first-order valence-electron chi connectivity index (χ1n) is 11.6. The van der Waals surface area contributed by atoms with Gasteiger partial charge in [0.25, 0.3) is 11.5 Å². The Kier molecular flexibility index (Phi) is 6.94. The molecule has 3 heterocycles. The molecule has 0 radical (unpaired) electrons. The molecule has 2 aliphatic heterocycles. The third-order valence-electron chi connectivity index (χ3n) is 6.22. The lowest BCUT2D eigenvalue weighted by molar-refractivity contribution is -0.0566. The van der Waals surface area contributed by atoms with Gasteiger partial charge >= 0.3 is 0 Å². The van der Waals surface area contributed by atoms with E-state index in [1.165, 1.54) is 14.9 Å². The van der Waals surface area contributed by atoms with Crippen molar-refractivity contribution in [2.75, 3.05) is 19.7 Å². The number of aromatic hydroxyl groups is 1. The molecule has 1 aromatic heterocycles. The zero-order chi connectivity index (χ0) is 26.4. The van der Waals surface area contributed by atoms with E-state index < -0.39 is 44.4 Å². The molecule has 196 valence electrons. The maximum Gasteiger partial charge on any atom is 0.296 e. The molecule has 2 aromatic rings. The average molecular weight is 524 g/mol. The lowest BCUT2D eigenvalue weighted by Crippen LogP contribution is -2.55. The van der Waals surface area contributed by atoms with Crippen LogP contribution in [0.2, 0.25) is 0 Å². The standard InChI is InChI=1S/C23H30FN5O6S/c1-13-11-28(12-14(2)26-13)36(33,34)17-8-15(7-16(24)9-17)10-25-20(31)18-19(30)21(32)29-5-6-35-23(3,4)22(29)27-18/h7-9,13-14,26,30H,5-6,10-12H2,1-4H3,(H,25,31). The summed E-state index contributed by atoms with van der Waals surface area (Å²) in [7, 11) is -3.97. The van der Waals surface area contributed by atoms with Crippen LogP contribution in [0.15, 0.2) is 27.9 Å². The molecule has 0 spiro atoms. The summed E-state index contributed by atoms with van der Waals surface area (Å²) < 4.78 is 48.9. The molecule has 0 aliphatic carbocycles. The second-order valence-electron chi connectivity index (χ2n) is 9.72. The van der Waals surface area contributed by atoms with Gasteiger partial charge in [-0.05, 0) is 51.5 Å². The first kappa shape index (κ1) is 26.2. The zero-order valence-electron chi connectivity index (χ0n) is 20.5. The van der Waals surface area contributed by atoms with E-state index in [1.54, 1.807) is 13.8 Å². The molecule has 2 atom stereocenters. The van der Waals surface area contributed by atoms with Gasteiger partial charge in [-0.25, -0.2) is 17.8 Å². The number of benzene rings is 1. The summed E-state index contributed by atoms with van der Waals surface area (Å²) in [4.78, 5) is 29.4. The number of hydrogen-bond donors (Lipinski definition) is 3. The van der Waals surface area contributed by atoms with E-state index in [2.05, 4.69) is 15.6 Å². The van der Waals surface area contributed by atoms with Crippen LogP contribution in [0.25, 0.3) is 0 Å². The summed E-state index contributed by atoms with van der Waals surface area (Å²) in [5.41, 5.74) is -2.01. The predicted octanol–water partition coefficient (Wildman–Crippen LogP) is 0.654. The molecule has 4 rings (SSSR count). The van der Waals surface area contributed by atoms with E-state index in [-0.39, 0.29) is 61.2 Å². The van der Waals surface area contributed by atoms with E-state index in [0.717, 1.165) is 12.1 Å². The number of piperazine rings is 1. The van der Waals surface area contributed by atoms with Crippen LogP contribution in [0.3, 0.4) is 0 Å². The number of aromatic nitrogens is 2. The van der Waals surface area contributed by atoms with Crippen LogP contribution in [0.1, 0.15) is 49.6 Å². The molecule has 0 saturated carbocycles. The van der Waals surface area contributed by atoms with Crippen molar-refractivity contribution in [2.24, 2.45) is 0 Å². The highest BCUT2D eigenvalue weighted by atomic mass is 32.2. The Morgan fingerprint density at radius 3 is 2.61 bits per heavy atom. The van der Waals surface area contributed by atoms with Gasteiger partial charge in [0.15, 0.2) is 5.69 Å². The van der Waals surface area contributed by atoms with Gasteiger partial charge < -0.3 is 20.5 Å². The Hall–Kier alpha value is -2.87. The summed E-state index contributed by atoms with van der Waals surface area (Å²) >= 11 is 0. The number of carbonyl (C=O) groups excluding carboxylic acids is 1. The van der Waals surface area contributed by atoms with Gasteiger partial charge in [-0.15, -0.1) is 0 Å². The molecular formula is C23H30FN5O6S. The topological polar surface area (TPSA) is 143 Å². The molecule has 1 fully saturated rings. The fourth-order valence-electron chi connectivity index (χ4n) is 4.59. The van der Waals surface area contributed by atoms with Crippen LogP contribution >= 0.6 is 0 Å². The largest absolute Gasteiger partial charge is 0.501 e. The van der Waals surface area contributed by atoms with Crippen molar-refractivity contribution >= 4 is 15.9 Å². The summed E-state index contributed by atoms with van der Waals surface area (Å²) in [6, 6.07) is 3.22. The first-order valence-corrected chi connectivity index (χ1v) is 13.1. The van der Waals surface area contributed by atoms with Gasteiger partial charge in [-0.1, -0.05) is 0 Å². The second-order valence-corrected chi connectivity index (χ2v) is 11.7. The van der Waals surface area contributed by atoms with Gasteiger partial charge in [0.1, 0.15) is 17.2 Å². The molecule has 11 nitrogen and oxygen atoms in total. The highest BCUT2D eigenvalue weighted by Crippen LogP contribution is 2.27. The molecular weight excluding hydrogens is 493 g/mol. The molecule has 3 N–H and O–H groups in total. The van der Waals surface area contributed by atoms with Gasteiger partial charge in [-0.3, -0.25) is 14.2 Å². The van der Waals surface area contributed by atoms with Crippen LogP contribution in [0.5, 0.6) is 5.75 Å². The number of halogens is 1. The Morgan fingerprint density at radius 2 is 1.94 bits per heavy atom. The van der Waals surface area contributed by atoms with Crippen molar-refractivity contribution < 1.29 is 27.4 Å². The van der Waals surface area contributed by atoms with Crippen molar-refractivity contribution in [1.29, 1.82) is 0 Å². The lowest BCUT2D eigenvalue weighted by atomic mass is 10.1. The zero-order valence-corrected chi connectivity index (χ0v) is 21.4. The number of hydrogen-bond acceptors (Lipinski definition) is 8. The van der Waals surface area contributed by atoms with Crippen LogP contribution in [0, 0.1) is 5.82 Å². The maximum absolute atomic E-state index is 14.4. The summed E-state index contributed by atoms with van der Waals surface area (Å²) in [5, 5.41) is 16.1. The first-order chi connectivity index (χ1) is 16.8.